The Morgan fingerprint density at radius 3 is 2.85 bits per heavy atom. The van der Waals surface area contributed by atoms with Crippen LogP contribution in [0.5, 0.6) is 0 Å². The average Bonchev–Trinajstić information content (AvgIpc) is 2.52. The second kappa shape index (κ2) is 5.14. The zero-order valence-electron chi connectivity index (χ0n) is 6.85. The Bertz CT molecular complexity index is 285. The smallest absolute Gasteiger partial charge is 0.287 e. The van der Waals surface area contributed by atoms with Gasteiger partial charge in [0.05, 0.1) is 0 Å². The molecule has 1 aromatic heterocycles. The molecule has 0 radical (unpaired) electrons. The van der Waals surface area contributed by atoms with E-state index in [-0.39, 0.29) is 16.9 Å². The van der Waals surface area contributed by atoms with E-state index in [1.165, 1.54) is 12.1 Å². The minimum Gasteiger partial charge on any atom is -0.440 e. The van der Waals surface area contributed by atoms with Gasteiger partial charge in [0.25, 0.3) is 5.91 Å². The molecule has 1 heterocycles. The highest BCUT2D eigenvalue weighted by Gasteiger charge is 2.08. The van der Waals surface area contributed by atoms with Crippen molar-refractivity contribution in [3.63, 3.8) is 0 Å². The number of carbonyl (C=O) groups is 1. The highest BCUT2D eigenvalue weighted by atomic mass is 35.5. The molecule has 1 N–H and O–H groups in total. The first-order chi connectivity index (χ1) is 6.24. The molecule has 0 bridgehead atoms. The molecule has 0 saturated carbocycles. The molecule has 0 aromatic carbocycles. The Morgan fingerprint density at radius 2 is 2.31 bits per heavy atom. The molecular weight excluding hydrogens is 213 g/mol. The summed E-state index contributed by atoms with van der Waals surface area (Å²) in [7, 11) is 0. The van der Waals surface area contributed by atoms with Gasteiger partial charge in [-0.3, -0.25) is 4.79 Å². The van der Waals surface area contributed by atoms with Gasteiger partial charge in [0.1, 0.15) is 0 Å². The zero-order valence-corrected chi connectivity index (χ0v) is 8.36. The summed E-state index contributed by atoms with van der Waals surface area (Å²) >= 11 is 10.9. The first kappa shape index (κ1) is 10.4. The lowest BCUT2D eigenvalue weighted by molar-refractivity contribution is 0.0926. The van der Waals surface area contributed by atoms with Crippen LogP contribution in [0.15, 0.2) is 16.5 Å². The predicted molar refractivity (Wildman–Crippen MR) is 51.4 cm³/mol. The zero-order chi connectivity index (χ0) is 9.68. The van der Waals surface area contributed by atoms with Crippen molar-refractivity contribution in [3.8, 4) is 0 Å². The second-order valence-electron chi connectivity index (χ2n) is 2.40. The number of halogens is 2. The fourth-order valence-corrected chi connectivity index (χ4v) is 1.07. The standard InChI is InChI=1S/C8H9Cl2NO2/c9-4-1-5-11-8(12)6-2-3-7(10)13-6/h2-3H,1,4-5H2,(H,11,12). The molecule has 72 valence electrons. The van der Waals surface area contributed by atoms with Gasteiger partial charge in [0, 0.05) is 12.4 Å². The molecule has 0 saturated heterocycles. The molecule has 0 spiro atoms. The van der Waals surface area contributed by atoms with Crippen molar-refractivity contribution in [1.29, 1.82) is 0 Å². The van der Waals surface area contributed by atoms with E-state index < -0.39 is 0 Å². The van der Waals surface area contributed by atoms with Crippen LogP contribution in [0, 0.1) is 0 Å². The minimum atomic E-state index is -0.267. The number of alkyl halides is 1. The van der Waals surface area contributed by atoms with Crippen LogP contribution in [0.4, 0.5) is 0 Å². The highest BCUT2D eigenvalue weighted by molar-refractivity contribution is 6.29. The normalized spacial score (nSPS) is 10.0. The Kier molecular flexibility index (Phi) is 4.12. The molecule has 5 heteroatoms. The molecule has 1 amide bonds. The van der Waals surface area contributed by atoms with Gasteiger partial charge >= 0.3 is 0 Å². The largest absolute Gasteiger partial charge is 0.440 e. The van der Waals surface area contributed by atoms with Crippen molar-refractivity contribution in [1.82, 2.24) is 5.32 Å². The van der Waals surface area contributed by atoms with E-state index in [2.05, 4.69) is 5.32 Å². The Hall–Kier alpha value is -0.670. The molecule has 1 rings (SSSR count). The third-order valence-corrected chi connectivity index (χ3v) is 1.86. The van der Waals surface area contributed by atoms with Crippen LogP contribution in [0.1, 0.15) is 17.0 Å². The van der Waals surface area contributed by atoms with Crippen LogP contribution in [0.25, 0.3) is 0 Å². The maximum absolute atomic E-state index is 11.2. The van der Waals surface area contributed by atoms with E-state index in [0.717, 1.165) is 6.42 Å². The van der Waals surface area contributed by atoms with Gasteiger partial charge in [-0.25, -0.2) is 0 Å². The van der Waals surface area contributed by atoms with Crippen molar-refractivity contribution >= 4 is 29.1 Å². The minimum absolute atomic E-state index is 0.211. The Balaban J connectivity index is 2.40. The molecule has 0 aliphatic heterocycles. The molecule has 0 aliphatic rings. The van der Waals surface area contributed by atoms with Gasteiger partial charge in [0.2, 0.25) is 0 Å². The topological polar surface area (TPSA) is 42.2 Å². The van der Waals surface area contributed by atoms with Crippen molar-refractivity contribution in [2.75, 3.05) is 12.4 Å². The van der Waals surface area contributed by atoms with Crippen LogP contribution >= 0.6 is 23.2 Å². The first-order valence-electron chi connectivity index (χ1n) is 3.83. The molecule has 0 aliphatic carbocycles. The highest BCUT2D eigenvalue weighted by Crippen LogP contribution is 2.12. The van der Waals surface area contributed by atoms with E-state index in [1.807, 2.05) is 0 Å². The van der Waals surface area contributed by atoms with Crippen LogP contribution in [-0.4, -0.2) is 18.3 Å². The Labute approximate surface area is 86.0 Å². The number of carbonyl (C=O) groups excluding carboxylic acids is 1. The summed E-state index contributed by atoms with van der Waals surface area (Å²) in [6, 6.07) is 3.05. The van der Waals surface area contributed by atoms with Crippen molar-refractivity contribution in [2.45, 2.75) is 6.42 Å². The summed E-state index contributed by atoms with van der Waals surface area (Å²) in [6.45, 7) is 0.542. The van der Waals surface area contributed by atoms with Gasteiger partial charge in [-0.15, -0.1) is 11.6 Å². The van der Waals surface area contributed by atoms with Crippen molar-refractivity contribution in [3.05, 3.63) is 23.1 Å². The van der Waals surface area contributed by atoms with E-state index in [4.69, 9.17) is 27.6 Å². The van der Waals surface area contributed by atoms with Crippen LogP contribution in [-0.2, 0) is 0 Å². The Morgan fingerprint density at radius 1 is 1.54 bits per heavy atom. The molecule has 1 aromatic rings. The molecule has 13 heavy (non-hydrogen) atoms. The van der Waals surface area contributed by atoms with Gasteiger partial charge in [-0.05, 0) is 30.2 Å². The first-order valence-corrected chi connectivity index (χ1v) is 4.75. The van der Waals surface area contributed by atoms with Crippen molar-refractivity contribution in [2.24, 2.45) is 0 Å². The average molecular weight is 222 g/mol. The van der Waals surface area contributed by atoms with Crippen molar-refractivity contribution < 1.29 is 9.21 Å². The lowest BCUT2D eigenvalue weighted by Gasteiger charge is -1.99. The van der Waals surface area contributed by atoms with E-state index in [9.17, 15) is 4.79 Å². The molecular formula is C8H9Cl2NO2. The molecule has 3 nitrogen and oxygen atoms in total. The maximum Gasteiger partial charge on any atom is 0.287 e. The second-order valence-corrected chi connectivity index (χ2v) is 3.15. The van der Waals surface area contributed by atoms with Gasteiger partial charge in [0.15, 0.2) is 11.0 Å². The van der Waals surface area contributed by atoms with Crippen LogP contribution in [0.2, 0.25) is 5.22 Å². The number of rotatable bonds is 4. The van der Waals surface area contributed by atoms with E-state index in [0.29, 0.717) is 12.4 Å². The third kappa shape index (κ3) is 3.28. The summed E-state index contributed by atoms with van der Waals surface area (Å²) < 4.78 is 4.90. The fourth-order valence-electron chi connectivity index (χ4n) is 0.792. The number of nitrogens with one attached hydrogen (secondary N) is 1. The van der Waals surface area contributed by atoms with Crippen LogP contribution in [0.3, 0.4) is 0 Å². The number of amides is 1. The fraction of sp³-hybridized carbons (Fsp3) is 0.375. The summed E-state index contributed by atoms with van der Waals surface area (Å²) in [4.78, 5) is 11.2. The summed E-state index contributed by atoms with van der Waals surface area (Å²) in [5.74, 6) is 0.482. The SMILES string of the molecule is O=C(NCCCCl)c1ccc(Cl)o1. The van der Waals surface area contributed by atoms with Gasteiger partial charge in [-0.1, -0.05) is 0 Å². The maximum atomic E-state index is 11.2. The third-order valence-electron chi connectivity index (χ3n) is 1.39. The lowest BCUT2D eigenvalue weighted by Crippen LogP contribution is -2.24. The predicted octanol–water partition coefficient (Wildman–Crippen LogP) is 2.29. The monoisotopic (exact) mass is 221 g/mol. The summed E-state index contributed by atoms with van der Waals surface area (Å²) in [6.07, 6.45) is 0.738. The summed E-state index contributed by atoms with van der Waals surface area (Å²) in [5, 5.41) is 2.85. The quantitative estimate of drug-likeness (QED) is 0.627. The van der Waals surface area contributed by atoms with E-state index in [1.54, 1.807) is 0 Å². The van der Waals surface area contributed by atoms with Crippen LogP contribution < -0.4 is 5.32 Å². The number of furan rings is 1. The number of hydrogen-bond donors (Lipinski definition) is 1. The lowest BCUT2D eigenvalue weighted by atomic mass is 10.4. The summed E-state index contributed by atoms with van der Waals surface area (Å²) in [5.41, 5.74) is 0. The van der Waals surface area contributed by atoms with Gasteiger partial charge < -0.3 is 9.73 Å². The molecule has 0 unspecified atom stereocenters. The molecule has 0 fully saturated rings. The van der Waals surface area contributed by atoms with E-state index >= 15 is 0 Å². The van der Waals surface area contributed by atoms with Gasteiger partial charge in [-0.2, -0.15) is 0 Å². The number of hydrogen-bond acceptors (Lipinski definition) is 2. The molecule has 0 atom stereocenters.